The Morgan fingerprint density at radius 3 is 2.84 bits per heavy atom. The van der Waals surface area contributed by atoms with E-state index in [0.717, 1.165) is 12.8 Å². The molecule has 2 N–H and O–H groups in total. The Morgan fingerprint density at radius 2 is 2.16 bits per heavy atom. The molecule has 1 aromatic carbocycles. The Bertz CT molecular complexity index is 487. The summed E-state index contributed by atoms with van der Waals surface area (Å²) in [6, 6.07) is 6.96. The number of anilines is 1. The molecule has 0 aromatic heterocycles. The summed E-state index contributed by atoms with van der Waals surface area (Å²) < 4.78 is 0. The normalized spacial score (nSPS) is 17.1. The van der Waals surface area contributed by atoms with Gasteiger partial charge in [-0.05, 0) is 18.1 Å². The average Bonchev–Trinajstić information content (AvgIpc) is 2.78. The molecule has 1 heterocycles. The zero-order valence-corrected chi connectivity index (χ0v) is 10.9. The van der Waals surface area contributed by atoms with Crippen molar-refractivity contribution in [3.63, 3.8) is 0 Å². The highest BCUT2D eigenvalue weighted by Crippen LogP contribution is 2.36. The van der Waals surface area contributed by atoms with Crippen LogP contribution >= 0.6 is 0 Å². The molecule has 1 atom stereocenters. The van der Waals surface area contributed by atoms with E-state index in [9.17, 15) is 14.7 Å². The van der Waals surface area contributed by atoms with E-state index in [4.69, 9.17) is 0 Å². The number of hydrogen-bond donors (Lipinski definition) is 2. The van der Waals surface area contributed by atoms with E-state index in [1.807, 2.05) is 6.07 Å². The van der Waals surface area contributed by atoms with Crippen molar-refractivity contribution < 1.29 is 14.7 Å². The molecule has 0 saturated heterocycles. The van der Waals surface area contributed by atoms with Crippen LogP contribution in [0.15, 0.2) is 24.3 Å². The van der Waals surface area contributed by atoms with E-state index < -0.39 is 11.9 Å². The first-order valence-electron chi connectivity index (χ1n) is 6.52. The van der Waals surface area contributed by atoms with Gasteiger partial charge in [-0.15, -0.1) is 0 Å². The fraction of sp³-hybridized carbons (Fsp3) is 0.429. The molecule has 0 fully saturated rings. The highest BCUT2D eigenvalue weighted by Gasteiger charge is 2.36. The molecule has 0 spiro atoms. The number of carboxylic acids is 1. The highest BCUT2D eigenvalue weighted by atomic mass is 16.4. The monoisotopic (exact) mass is 262 g/mol. The predicted molar refractivity (Wildman–Crippen MR) is 72.5 cm³/mol. The topological polar surface area (TPSA) is 69.6 Å². The fourth-order valence-electron chi connectivity index (χ4n) is 2.28. The van der Waals surface area contributed by atoms with Gasteiger partial charge in [0.15, 0.2) is 0 Å². The standard InChI is InChI=1S/C14H18N2O3/c1-2-3-8-15-14(19)16-9-11(13(17)18)10-6-4-5-7-12(10)16/h4-7,11H,2-3,8-9H2,1H3,(H,15,19)(H,17,18). The maximum absolute atomic E-state index is 12.1. The van der Waals surface area contributed by atoms with Crippen molar-refractivity contribution in [3.8, 4) is 0 Å². The minimum absolute atomic E-state index is 0.201. The summed E-state index contributed by atoms with van der Waals surface area (Å²) in [4.78, 5) is 24.8. The lowest BCUT2D eigenvalue weighted by atomic mass is 10.0. The molecular weight excluding hydrogens is 244 g/mol. The fourth-order valence-corrected chi connectivity index (χ4v) is 2.28. The van der Waals surface area contributed by atoms with Crippen LogP contribution in [-0.2, 0) is 4.79 Å². The Kier molecular flexibility index (Phi) is 4.04. The summed E-state index contributed by atoms with van der Waals surface area (Å²) >= 11 is 0. The van der Waals surface area contributed by atoms with Crippen LogP contribution in [0.25, 0.3) is 0 Å². The van der Waals surface area contributed by atoms with Gasteiger partial charge in [-0.1, -0.05) is 31.5 Å². The second kappa shape index (κ2) is 5.73. The van der Waals surface area contributed by atoms with Gasteiger partial charge < -0.3 is 10.4 Å². The molecule has 1 aliphatic rings. The molecule has 2 rings (SSSR count). The van der Waals surface area contributed by atoms with E-state index >= 15 is 0 Å². The number of nitrogens with one attached hydrogen (secondary N) is 1. The van der Waals surface area contributed by atoms with Crippen molar-refractivity contribution in [2.24, 2.45) is 0 Å². The molecule has 1 unspecified atom stereocenters. The number of carbonyl (C=O) groups is 2. The van der Waals surface area contributed by atoms with Crippen LogP contribution in [0.2, 0.25) is 0 Å². The second-order valence-electron chi connectivity index (χ2n) is 4.65. The number of unbranched alkanes of at least 4 members (excludes halogenated alkanes) is 1. The molecule has 0 radical (unpaired) electrons. The van der Waals surface area contributed by atoms with Crippen LogP contribution in [0.5, 0.6) is 0 Å². The summed E-state index contributed by atoms with van der Waals surface area (Å²) in [5.41, 5.74) is 1.41. The van der Waals surface area contributed by atoms with E-state index in [2.05, 4.69) is 12.2 Å². The number of hydrogen-bond acceptors (Lipinski definition) is 2. The lowest BCUT2D eigenvalue weighted by Gasteiger charge is -2.18. The third kappa shape index (κ3) is 2.70. The summed E-state index contributed by atoms with van der Waals surface area (Å²) in [7, 11) is 0. The Labute approximate surface area is 112 Å². The maximum Gasteiger partial charge on any atom is 0.321 e. The van der Waals surface area contributed by atoms with Gasteiger partial charge in [0.2, 0.25) is 0 Å². The van der Waals surface area contributed by atoms with Crippen molar-refractivity contribution in [1.82, 2.24) is 5.32 Å². The number of nitrogens with zero attached hydrogens (tertiary/aromatic N) is 1. The Hall–Kier alpha value is -2.04. The third-order valence-corrected chi connectivity index (χ3v) is 3.32. The van der Waals surface area contributed by atoms with Crippen molar-refractivity contribution in [2.75, 3.05) is 18.0 Å². The van der Waals surface area contributed by atoms with Crippen LogP contribution < -0.4 is 10.2 Å². The van der Waals surface area contributed by atoms with Gasteiger partial charge in [0.25, 0.3) is 0 Å². The quantitative estimate of drug-likeness (QED) is 0.817. The van der Waals surface area contributed by atoms with Gasteiger partial charge in [0, 0.05) is 18.8 Å². The van der Waals surface area contributed by atoms with Gasteiger partial charge in [-0.2, -0.15) is 0 Å². The smallest absolute Gasteiger partial charge is 0.321 e. The van der Waals surface area contributed by atoms with Gasteiger partial charge in [-0.25, -0.2) is 4.79 Å². The van der Waals surface area contributed by atoms with Crippen LogP contribution in [0.4, 0.5) is 10.5 Å². The molecular formula is C14H18N2O3. The number of benzene rings is 1. The number of amides is 2. The summed E-state index contributed by atoms with van der Waals surface area (Å²) in [6.07, 6.45) is 1.93. The summed E-state index contributed by atoms with van der Waals surface area (Å²) in [5.74, 6) is -1.52. The average molecular weight is 262 g/mol. The summed E-state index contributed by atoms with van der Waals surface area (Å²) in [5, 5.41) is 12.0. The molecule has 5 heteroatoms. The molecule has 2 amide bonds. The van der Waals surface area contributed by atoms with Crippen LogP contribution in [-0.4, -0.2) is 30.2 Å². The number of para-hydroxylation sites is 1. The maximum atomic E-state index is 12.1. The number of aliphatic carboxylic acids is 1. The zero-order chi connectivity index (χ0) is 13.8. The van der Waals surface area contributed by atoms with E-state index in [1.54, 1.807) is 18.2 Å². The van der Waals surface area contributed by atoms with E-state index in [0.29, 0.717) is 17.8 Å². The molecule has 19 heavy (non-hydrogen) atoms. The second-order valence-corrected chi connectivity index (χ2v) is 4.65. The highest BCUT2D eigenvalue weighted by molar-refractivity contribution is 5.97. The number of carboxylic acid groups (broad SMARTS) is 1. The molecule has 102 valence electrons. The van der Waals surface area contributed by atoms with Crippen molar-refractivity contribution in [3.05, 3.63) is 29.8 Å². The zero-order valence-electron chi connectivity index (χ0n) is 10.9. The first-order chi connectivity index (χ1) is 9.15. The molecule has 1 aliphatic heterocycles. The molecule has 0 bridgehead atoms. The SMILES string of the molecule is CCCCNC(=O)N1CC(C(=O)O)c2ccccc21. The summed E-state index contributed by atoms with van der Waals surface area (Å²) in [6.45, 7) is 2.87. The van der Waals surface area contributed by atoms with Crippen molar-refractivity contribution in [2.45, 2.75) is 25.7 Å². The largest absolute Gasteiger partial charge is 0.481 e. The van der Waals surface area contributed by atoms with Crippen molar-refractivity contribution >= 4 is 17.7 Å². The van der Waals surface area contributed by atoms with E-state index in [-0.39, 0.29) is 12.6 Å². The number of rotatable bonds is 4. The number of carbonyl (C=O) groups excluding carboxylic acids is 1. The number of fused-ring (bicyclic) bond motifs is 1. The molecule has 5 nitrogen and oxygen atoms in total. The van der Waals surface area contributed by atoms with Crippen LogP contribution in [0.3, 0.4) is 0 Å². The van der Waals surface area contributed by atoms with Crippen molar-refractivity contribution in [1.29, 1.82) is 0 Å². The first-order valence-corrected chi connectivity index (χ1v) is 6.52. The van der Waals surface area contributed by atoms with Gasteiger partial charge >= 0.3 is 12.0 Å². The minimum Gasteiger partial charge on any atom is -0.481 e. The Morgan fingerprint density at radius 1 is 1.42 bits per heavy atom. The molecule has 0 aliphatic carbocycles. The molecule has 1 aromatic rings. The van der Waals surface area contributed by atoms with Gasteiger partial charge in [0.1, 0.15) is 5.92 Å². The number of urea groups is 1. The van der Waals surface area contributed by atoms with Crippen LogP contribution in [0.1, 0.15) is 31.2 Å². The van der Waals surface area contributed by atoms with Crippen LogP contribution in [0, 0.1) is 0 Å². The lowest BCUT2D eigenvalue weighted by Crippen LogP contribution is -2.40. The first kappa shape index (κ1) is 13.4. The van der Waals surface area contributed by atoms with Gasteiger partial charge in [-0.3, -0.25) is 9.69 Å². The minimum atomic E-state index is -0.892. The Balaban J connectivity index is 2.15. The van der Waals surface area contributed by atoms with Gasteiger partial charge in [0.05, 0.1) is 0 Å². The predicted octanol–water partition coefficient (Wildman–Crippen LogP) is 2.18. The van der Waals surface area contributed by atoms with E-state index in [1.165, 1.54) is 4.90 Å². The molecule has 0 saturated carbocycles. The lowest BCUT2D eigenvalue weighted by molar-refractivity contribution is -0.138. The third-order valence-electron chi connectivity index (χ3n) is 3.32.